The van der Waals surface area contributed by atoms with Crippen LogP contribution in [0.5, 0.6) is 0 Å². The van der Waals surface area contributed by atoms with Gasteiger partial charge in [0.1, 0.15) is 5.15 Å². The summed E-state index contributed by atoms with van der Waals surface area (Å²) in [5.74, 6) is 0. The summed E-state index contributed by atoms with van der Waals surface area (Å²) in [5, 5.41) is 13.4. The van der Waals surface area contributed by atoms with E-state index in [1.165, 1.54) is 0 Å². The molecule has 1 aromatic heterocycles. The van der Waals surface area contributed by atoms with Crippen LogP contribution in [-0.4, -0.2) is 10.1 Å². The molecule has 1 aromatic carbocycles. The highest BCUT2D eigenvalue weighted by atomic mass is 35.5. The van der Waals surface area contributed by atoms with E-state index < -0.39 is 0 Å². The first-order chi connectivity index (χ1) is 8.69. The lowest BCUT2D eigenvalue weighted by atomic mass is 10.2. The number of aromatic nitrogens is 1. The number of hydrogen-bond acceptors (Lipinski definition) is 3. The molecule has 0 saturated carbocycles. The molecule has 1 heterocycles. The molecule has 94 valence electrons. The molecule has 0 fully saturated rings. The first kappa shape index (κ1) is 13.1. The van der Waals surface area contributed by atoms with E-state index in [1.807, 2.05) is 12.1 Å². The van der Waals surface area contributed by atoms with E-state index in [2.05, 4.69) is 10.3 Å². The van der Waals surface area contributed by atoms with Crippen molar-refractivity contribution in [2.24, 2.45) is 0 Å². The molecule has 0 radical (unpaired) electrons. The van der Waals surface area contributed by atoms with E-state index in [1.54, 1.807) is 24.4 Å². The lowest BCUT2D eigenvalue weighted by molar-refractivity contribution is 0.282. The van der Waals surface area contributed by atoms with Gasteiger partial charge in [0.05, 0.1) is 17.3 Å². The number of pyridine rings is 1. The largest absolute Gasteiger partial charge is 0.392 e. The molecule has 0 atom stereocenters. The van der Waals surface area contributed by atoms with Crippen LogP contribution < -0.4 is 5.32 Å². The predicted molar refractivity (Wildman–Crippen MR) is 73.9 cm³/mol. The molecule has 0 saturated heterocycles. The van der Waals surface area contributed by atoms with E-state index in [0.717, 1.165) is 16.8 Å². The minimum Gasteiger partial charge on any atom is -0.392 e. The first-order valence-electron chi connectivity index (χ1n) is 5.42. The Bertz CT molecular complexity index is 529. The monoisotopic (exact) mass is 282 g/mol. The number of nitrogens with zero attached hydrogens (tertiary/aromatic N) is 1. The third kappa shape index (κ3) is 3.35. The summed E-state index contributed by atoms with van der Waals surface area (Å²) >= 11 is 11.8. The zero-order valence-corrected chi connectivity index (χ0v) is 11.0. The summed E-state index contributed by atoms with van der Waals surface area (Å²) in [6, 6.07) is 9.01. The Balaban J connectivity index is 2.07. The standard InChI is InChI=1S/C13H12Cl2N2O/c14-11-3-1-9(8-18)5-12(11)16-6-10-2-4-13(15)17-7-10/h1-5,7,16,18H,6,8H2. The van der Waals surface area contributed by atoms with E-state index in [0.29, 0.717) is 16.7 Å². The van der Waals surface area contributed by atoms with Crippen LogP contribution in [0.1, 0.15) is 11.1 Å². The van der Waals surface area contributed by atoms with Gasteiger partial charge in [-0.2, -0.15) is 0 Å². The second kappa shape index (κ2) is 6.05. The van der Waals surface area contributed by atoms with Gasteiger partial charge in [-0.15, -0.1) is 0 Å². The quantitative estimate of drug-likeness (QED) is 0.844. The average Bonchev–Trinajstić information content (AvgIpc) is 2.40. The number of halogens is 2. The molecule has 0 spiro atoms. The second-order valence-corrected chi connectivity index (χ2v) is 4.61. The number of hydrogen-bond donors (Lipinski definition) is 2. The molecule has 3 nitrogen and oxygen atoms in total. The molecule has 0 aliphatic carbocycles. The molecule has 0 aliphatic rings. The normalized spacial score (nSPS) is 10.4. The number of nitrogens with one attached hydrogen (secondary N) is 1. The third-order valence-electron chi connectivity index (χ3n) is 2.48. The Morgan fingerprint density at radius 1 is 1.11 bits per heavy atom. The summed E-state index contributed by atoms with van der Waals surface area (Å²) in [7, 11) is 0. The average molecular weight is 283 g/mol. The number of aliphatic hydroxyl groups is 1. The van der Waals surface area contributed by atoms with Crippen molar-refractivity contribution in [2.75, 3.05) is 5.32 Å². The third-order valence-corrected chi connectivity index (χ3v) is 3.04. The Labute approximate surface area is 115 Å². The van der Waals surface area contributed by atoms with E-state index >= 15 is 0 Å². The van der Waals surface area contributed by atoms with Crippen LogP contribution in [0.3, 0.4) is 0 Å². The minimum absolute atomic E-state index is 0.00561. The Morgan fingerprint density at radius 2 is 1.89 bits per heavy atom. The van der Waals surface area contributed by atoms with Gasteiger partial charge in [0, 0.05) is 12.7 Å². The van der Waals surface area contributed by atoms with Gasteiger partial charge in [0.15, 0.2) is 0 Å². The zero-order chi connectivity index (χ0) is 13.0. The highest BCUT2D eigenvalue weighted by Gasteiger charge is 2.02. The van der Waals surface area contributed by atoms with Crippen molar-refractivity contribution in [1.29, 1.82) is 0 Å². The number of anilines is 1. The van der Waals surface area contributed by atoms with Gasteiger partial charge in [-0.3, -0.25) is 0 Å². The molecular formula is C13H12Cl2N2O. The van der Waals surface area contributed by atoms with Crippen LogP contribution in [0.2, 0.25) is 10.2 Å². The van der Waals surface area contributed by atoms with E-state index in [9.17, 15) is 0 Å². The number of benzene rings is 1. The topological polar surface area (TPSA) is 45.1 Å². The van der Waals surface area contributed by atoms with Crippen LogP contribution in [-0.2, 0) is 13.2 Å². The van der Waals surface area contributed by atoms with Crippen molar-refractivity contribution in [3.05, 3.63) is 57.8 Å². The van der Waals surface area contributed by atoms with Gasteiger partial charge >= 0.3 is 0 Å². The van der Waals surface area contributed by atoms with Gasteiger partial charge < -0.3 is 10.4 Å². The van der Waals surface area contributed by atoms with Crippen molar-refractivity contribution in [3.63, 3.8) is 0 Å². The zero-order valence-electron chi connectivity index (χ0n) is 9.53. The predicted octanol–water partition coefficient (Wildman–Crippen LogP) is 3.49. The van der Waals surface area contributed by atoms with Gasteiger partial charge in [0.25, 0.3) is 0 Å². The highest BCUT2D eigenvalue weighted by molar-refractivity contribution is 6.33. The summed E-state index contributed by atoms with van der Waals surface area (Å²) in [4.78, 5) is 4.00. The van der Waals surface area contributed by atoms with Crippen LogP contribution >= 0.6 is 23.2 Å². The van der Waals surface area contributed by atoms with Crippen LogP contribution in [0.4, 0.5) is 5.69 Å². The van der Waals surface area contributed by atoms with Gasteiger partial charge in [-0.1, -0.05) is 35.3 Å². The molecule has 2 aromatic rings. The fourth-order valence-corrected chi connectivity index (χ4v) is 1.81. The molecular weight excluding hydrogens is 271 g/mol. The molecule has 0 bridgehead atoms. The summed E-state index contributed by atoms with van der Waals surface area (Å²) in [5.41, 5.74) is 2.61. The Hall–Kier alpha value is -1.29. The number of aliphatic hydroxyl groups excluding tert-OH is 1. The molecule has 2 N–H and O–H groups in total. The van der Waals surface area contributed by atoms with Crippen LogP contribution in [0.25, 0.3) is 0 Å². The first-order valence-corrected chi connectivity index (χ1v) is 6.18. The Morgan fingerprint density at radius 3 is 2.56 bits per heavy atom. The van der Waals surface area contributed by atoms with Gasteiger partial charge in [-0.25, -0.2) is 4.98 Å². The number of rotatable bonds is 4. The van der Waals surface area contributed by atoms with Crippen LogP contribution in [0.15, 0.2) is 36.5 Å². The van der Waals surface area contributed by atoms with E-state index in [-0.39, 0.29) is 6.61 Å². The van der Waals surface area contributed by atoms with Gasteiger partial charge in [-0.05, 0) is 29.3 Å². The molecule has 18 heavy (non-hydrogen) atoms. The lowest BCUT2D eigenvalue weighted by Crippen LogP contribution is -2.01. The maximum absolute atomic E-state index is 9.07. The molecule has 5 heteroatoms. The SMILES string of the molecule is OCc1ccc(Cl)c(NCc2ccc(Cl)nc2)c1. The fourth-order valence-electron chi connectivity index (χ4n) is 1.51. The Kier molecular flexibility index (Phi) is 4.42. The lowest BCUT2D eigenvalue weighted by Gasteiger charge is -2.09. The van der Waals surface area contributed by atoms with Gasteiger partial charge in [0.2, 0.25) is 0 Å². The van der Waals surface area contributed by atoms with Crippen molar-refractivity contribution in [3.8, 4) is 0 Å². The van der Waals surface area contributed by atoms with E-state index in [4.69, 9.17) is 28.3 Å². The van der Waals surface area contributed by atoms with Crippen molar-refractivity contribution in [1.82, 2.24) is 4.98 Å². The molecule has 0 aliphatic heterocycles. The van der Waals surface area contributed by atoms with Crippen molar-refractivity contribution >= 4 is 28.9 Å². The van der Waals surface area contributed by atoms with Crippen molar-refractivity contribution < 1.29 is 5.11 Å². The second-order valence-electron chi connectivity index (χ2n) is 3.82. The maximum atomic E-state index is 9.07. The molecule has 0 unspecified atom stereocenters. The highest BCUT2D eigenvalue weighted by Crippen LogP contribution is 2.23. The fraction of sp³-hybridized carbons (Fsp3) is 0.154. The minimum atomic E-state index is -0.00561. The summed E-state index contributed by atoms with van der Waals surface area (Å²) < 4.78 is 0. The van der Waals surface area contributed by atoms with Crippen LogP contribution in [0, 0.1) is 0 Å². The maximum Gasteiger partial charge on any atom is 0.129 e. The summed E-state index contributed by atoms with van der Waals surface area (Å²) in [6.45, 7) is 0.590. The molecule has 2 rings (SSSR count). The summed E-state index contributed by atoms with van der Waals surface area (Å²) in [6.07, 6.45) is 1.71. The van der Waals surface area contributed by atoms with Crippen molar-refractivity contribution in [2.45, 2.75) is 13.2 Å². The molecule has 0 amide bonds. The smallest absolute Gasteiger partial charge is 0.129 e.